The number of rotatable bonds is 2. The Morgan fingerprint density at radius 1 is 1.37 bits per heavy atom. The van der Waals surface area contributed by atoms with Crippen LogP contribution in [0.1, 0.15) is 42.4 Å². The molecular weight excluding hydrogens is 242 g/mol. The molecule has 1 heterocycles. The lowest BCUT2D eigenvalue weighted by Gasteiger charge is -2.11. The highest BCUT2D eigenvalue weighted by atomic mass is 16.4. The number of carboxylic acid groups (broad SMARTS) is 1. The summed E-state index contributed by atoms with van der Waals surface area (Å²) in [6.07, 6.45) is 0. The zero-order valence-corrected chi connectivity index (χ0v) is 12.0. The molecule has 0 aliphatic carbocycles. The lowest BCUT2D eigenvalue weighted by Crippen LogP contribution is -2.29. The molecule has 0 atom stereocenters. The molecule has 0 spiro atoms. The average molecular weight is 261 g/mol. The molecule has 102 valence electrons. The van der Waals surface area contributed by atoms with E-state index >= 15 is 0 Å². The van der Waals surface area contributed by atoms with Crippen molar-refractivity contribution in [3.8, 4) is 11.8 Å². The lowest BCUT2D eigenvalue weighted by atomic mass is 9.98. The van der Waals surface area contributed by atoms with Crippen molar-refractivity contribution in [1.29, 1.82) is 0 Å². The van der Waals surface area contributed by atoms with Gasteiger partial charge in [0.1, 0.15) is 5.56 Å². The van der Waals surface area contributed by atoms with Crippen LogP contribution in [0.25, 0.3) is 0 Å². The molecule has 0 fully saturated rings. The van der Waals surface area contributed by atoms with E-state index in [0.29, 0.717) is 5.56 Å². The first kappa shape index (κ1) is 15.0. The smallest absolute Gasteiger partial charge is 0.341 e. The van der Waals surface area contributed by atoms with Gasteiger partial charge in [0.15, 0.2) is 0 Å². The minimum Gasteiger partial charge on any atom is -0.477 e. The van der Waals surface area contributed by atoms with Crippen LogP contribution in [0, 0.1) is 31.1 Å². The molecule has 1 rings (SSSR count). The molecule has 0 bridgehead atoms. The molecule has 1 N–H and O–H groups in total. The van der Waals surface area contributed by atoms with E-state index in [1.165, 1.54) is 4.57 Å². The van der Waals surface area contributed by atoms with Gasteiger partial charge >= 0.3 is 5.97 Å². The molecule has 0 saturated heterocycles. The number of pyridine rings is 1. The fourth-order valence-electron chi connectivity index (χ4n) is 1.77. The maximum atomic E-state index is 12.1. The van der Waals surface area contributed by atoms with Crippen molar-refractivity contribution in [3.05, 3.63) is 33.2 Å². The minimum atomic E-state index is -1.19. The summed E-state index contributed by atoms with van der Waals surface area (Å²) in [6.45, 7) is 9.55. The number of hydrogen-bond acceptors (Lipinski definition) is 2. The number of hydrogen-bond donors (Lipinski definition) is 1. The van der Waals surface area contributed by atoms with Crippen LogP contribution in [0.4, 0.5) is 0 Å². The molecule has 1 aromatic heterocycles. The van der Waals surface area contributed by atoms with Crippen LogP contribution >= 0.6 is 0 Å². The first-order valence-electron chi connectivity index (χ1n) is 6.08. The molecule has 0 saturated carbocycles. The number of aryl methyl sites for hydroxylation is 2. The largest absolute Gasteiger partial charge is 0.477 e. The first-order chi connectivity index (χ1) is 8.63. The summed E-state index contributed by atoms with van der Waals surface area (Å²) < 4.78 is 1.40. The summed E-state index contributed by atoms with van der Waals surface area (Å²) in [5.41, 5.74) is 0.389. The summed E-state index contributed by atoms with van der Waals surface area (Å²) in [7, 11) is 0. The van der Waals surface area contributed by atoms with E-state index in [9.17, 15) is 9.59 Å². The molecule has 0 unspecified atom stereocenters. The third-order valence-corrected chi connectivity index (χ3v) is 2.62. The first-order valence-corrected chi connectivity index (χ1v) is 6.08. The second-order valence-electron chi connectivity index (χ2n) is 5.59. The Morgan fingerprint density at radius 2 is 1.95 bits per heavy atom. The SMILES string of the molecule is Cc1cc(C)n(CC#CC(C)(C)C)c(=O)c1C(=O)O. The molecule has 4 nitrogen and oxygen atoms in total. The second kappa shape index (κ2) is 5.31. The standard InChI is InChI=1S/C15H19NO3/c1-10-9-11(2)16(8-6-7-15(3,4)5)13(17)12(10)14(18)19/h9H,8H2,1-5H3,(H,18,19). The molecule has 1 aromatic rings. The molecule has 0 radical (unpaired) electrons. The predicted molar refractivity (Wildman–Crippen MR) is 74.4 cm³/mol. The minimum absolute atomic E-state index is 0.141. The monoisotopic (exact) mass is 261 g/mol. The average Bonchev–Trinajstić information content (AvgIpc) is 2.20. The van der Waals surface area contributed by atoms with Crippen LogP contribution in [0.3, 0.4) is 0 Å². The van der Waals surface area contributed by atoms with Crippen molar-refractivity contribution in [2.24, 2.45) is 5.41 Å². The third kappa shape index (κ3) is 3.72. The van der Waals surface area contributed by atoms with Gasteiger partial charge in [-0.25, -0.2) is 4.79 Å². The Labute approximate surface area is 113 Å². The van der Waals surface area contributed by atoms with Crippen LogP contribution in [-0.4, -0.2) is 15.6 Å². The predicted octanol–water partition coefficient (Wildman–Crippen LogP) is 2.21. The second-order valence-corrected chi connectivity index (χ2v) is 5.59. The maximum absolute atomic E-state index is 12.1. The molecule has 0 aromatic carbocycles. The number of carbonyl (C=O) groups is 1. The Bertz CT molecular complexity index is 622. The van der Waals surface area contributed by atoms with Gasteiger partial charge in [-0.05, 0) is 46.2 Å². The van der Waals surface area contributed by atoms with Gasteiger partial charge in [-0.3, -0.25) is 4.79 Å². The Hall–Kier alpha value is -2.02. The van der Waals surface area contributed by atoms with Gasteiger partial charge in [0.2, 0.25) is 0 Å². The van der Waals surface area contributed by atoms with Crippen molar-refractivity contribution < 1.29 is 9.90 Å². The van der Waals surface area contributed by atoms with Crippen LogP contribution < -0.4 is 5.56 Å². The van der Waals surface area contributed by atoms with E-state index < -0.39 is 11.5 Å². The Kier molecular flexibility index (Phi) is 4.21. The molecule has 4 heteroatoms. The lowest BCUT2D eigenvalue weighted by molar-refractivity contribution is 0.0693. The maximum Gasteiger partial charge on any atom is 0.341 e. The van der Waals surface area contributed by atoms with Crippen LogP contribution in [0.2, 0.25) is 0 Å². The van der Waals surface area contributed by atoms with Gasteiger partial charge in [0.05, 0.1) is 6.54 Å². The summed E-state index contributed by atoms with van der Waals surface area (Å²) >= 11 is 0. The molecule has 0 aliphatic rings. The number of aromatic nitrogens is 1. The van der Waals surface area contributed by atoms with E-state index in [1.807, 2.05) is 20.8 Å². The Morgan fingerprint density at radius 3 is 2.42 bits per heavy atom. The van der Waals surface area contributed by atoms with E-state index in [1.54, 1.807) is 19.9 Å². The van der Waals surface area contributed by atoms with Gasteiger partial charge < -0.3 is 9.67 Å². The highest BCUT2D eigenvalue weighted by Gasteiger charge is 2.15. The summed E-state index contributed by atoms with van der Waals surface area (Å²) in [5.74, 6) is 4.77. The Balaban J connectivity index is 3.29. The quantitative estimate of drug-likeness (QED) is 0.830. The molecule has 19 heavy (non-hydrogen) atoms. The van der Waals surface area contributed by atoms with Crippen molar-refractivity contribution >= 4 is 5.97 Å². The topological polar surface area (TPSA) is 59.3 Å². The van der Waals surface area contributed by atoms with Gasteiger partial charge in [0, 0.05) is 11.1 Å². The van der Waals surface area contributed by atoms with Crippen LogP contribution in [-0.2, 0) is 6.54 Å². The highest BCUT2D eigenvalue weighted by Crippen LogP contribution is 2.10. The summed E-state index contributed by atoms with van der Waals surface area (Å²) in [6, 6.07) is 1.70. The molecular formula is C15H19NO3. The van der Waals surface area contributed by atoms with Crippen molar-refractivity contribution in [1.82, 2.24) is 4.57 Å². The fourth-order valence-corrected chi connectivity index (χ4v) is 1.77. The summed E-state index contributed by atoms with van der Waals surface area (Å²) in [5, 5.41) is 9.07. The van der Waals surface area contributed by atoms with E-state index in [4.69, 9.17) is 5.11 Å². The zero-order valence-electron chi connectivity index (χ0n) is 12.0. The number of aromatic carboxylic acids is 1. The molecule has 0 aliphatic heterocycles. The number of carboxylic acids is 1. The van der Waals surface area contributed by atoms with Crippen molar-refractivity contribution in [2.45, 2.75) is 41.2 Å². The van der Waals surface area contributed by atoms with Crippen molar-refractivity contribution in [3.63, 3.8) is 0 Å². The van der Waals surface area contributed by atoms with Crippen LogP contribution in [0.15, 0.2) is 10.9 Å². The summed E-state index contributed by atoms with van der Waals surface area (Å²) in [4.78, 5) is 23.2. The normalized spacial score (nSPS) is 10.8. The van der Waals surface area contributed by atoms with Gasteiger partial charge in [-0.1, -0.05) is 11.8 Å². The third-order valence-electron chi connectivity index (χ3n) is 2.62. The zero-order chi connectivity index (χ0) is 14.8. The molecule has 0 amide bonds. The van der Waals surface area contributed by atoms with Crippen LogP contribution in [0.5, 0.6) is 0 Å². The van der Waals surface area contributed by atoms with E-state index in [2.05, 4.69) is 11.8 Å². The van der Waals surface area contributed by atoms with E-state index in [0.717, 1.165) is 5.69 Å². The van der Waals surface area contributed by atoms with Gasteiger partial charge in [-0.2, -0.15) is 0 Å². The van der Waals surface area contributed by atoms with Crippen molar-refractivity contribution in [2.75, 3.05) is 0 Å². The van der Waals surface area contributed by atoms with Gasteiger partial charge in [0.25, 0.3) is 5.56 Å². The fraction of sp³-hybridized carbons (Fsp3) is 0.467. The van der Waals surface area contributed by atoms with Gasteiger partial charge in [-0.15, -0.1) is 0 Å². The van der Waals surface area contributed by atoms with E-state index in [-0.39, 0.29) is 17.5 Å². The number of nitrogens with zero attached hydrogens (tertiary/aromatic N) is 1. The highest BCUT2D eigenvalue weighted by molar-refractivity contribution is 5.88.